The van der Waals surface area contributed by atoms with Gasteiger partial charge in [0, 0.05) is 25.2 Å². The molecule has 2 nitrogen and oxygen atoms in total. The monoisotopic (exact) mass is 208 g/mol. The van der Waals surface area contributed by atoms with Gasteiger partial charge in [-0.2, -0.15) is 0 Å². The lowest BCUT2D eigenvalue weighted by Gasteiger charge is -2.31. The fourth-order valence-corrected chi connectivity index (χ4v) is 1.73. The number of nitrogens with one attached hydrogen (secondary N) is 2. The minimum absolute atomic E-state index is 0.118. The van der Waals surface area contributed by atoms with E-state index in [0.717, 1.165) is 18.7 Å². The Morgan fingerprint density at radius 3 is 2.73 bits per heavy atom. The molecule has 0 saturated carbocycles. The summed E-state index contributed by atoms with van der Waals surface area (Å²) in [5.41, 5.74) is 1.72. The third-order valence-electron chi connectivity index (χ3n) is 2.96. The van der Waals surface area contributed by atoms with E-state index in [-0.39, 0.29) is 11.9 Å². The van der Waals surface area contributed by atoms with Gasteiger partial charge in [-0.3, -0.25) is 0 Å². The second kappa shape index (κ2) is 4.29. The molecule has 0 aromatic heterocycles. The van der Waals surface area contributed by atoms with Crippen LogP contribution >= 0.6 is 0 Å². The zero-order valence-electron chi connectivity index (χ0n) is 9.18. The van der Waals surface area contributed by atoms with Crippen molar-refractivity contribution in [3.63, 3.8) is 0 Å². The van der Waals surface area contributed by atoms with Crippen molar-refractivity contribution >= 4 is 0 Å². The Kier molecular flexibility index (Phi) is 3.03. The highest BCUT2D eigenvalue weighted by atomic mass is 19.1. The van der Waals surface area contributed by atoms with E-state index < -0.39 is 0 Å². The van der Waals surface area contributed by atoms with Crippen LogP contribution in [0.4, 0.5) is 4.39 Å². The molecule has 1 unspecified atom stereocenters. The minimum atomic E-state index is -0.118. The second-order valence-corrected chi connectivity index (χ2v) is 4.25. The van der Waals surface area contributed by atoms with Crippen LogP contribution in [0.2, 0.25) is 0 Å². The fourth-order valence-electron chi connectivity index (χ4n) is 1.73. The van der Waals surface area contributed by atoms with Crippen LogP contribution in [0, 0.1) is 12.7 Å². The summed E-state index contributed by atoms with van der Waals surface area (Å²) in [7, 11) is 0. The molecule has 1 aromatic rings. The Morgan fingerprint density at radius 1 is 1.47 bits per heavy atom. The Hall–Kier alpha value is -0.930. The Labute approximate surface area is 89.9 Å². The summed E-state index contributed by atoms with van der Waals surface area (Å²) in [6.45, 7) is 5.88. The van der Waals surface area contributed by atoms with Gasteiger partial charge in [0.05, 0.1) is 0 Å². The van der Waals surface area contributed by atoms with Crippen LogP contribution in [0.25, 0.3) is 0 Å². The molecule has 0 bridgehead atoms. The zero-order chi connectivity index (χ0) is 10.8. The first kappa shape index (κ1) is 10.6. The first-order chi connectivity index (χ1) is 7.16. The van der Waals surface area contributed by atoms with Crippen LogP contribution < -0.4 is 10.6 Å². The van der Waals surface area contributed by atoms with Gasteiger partial charge in [-0.05, 0) is 31.0 Å². The molecular weight excluding hydrogens is 191 g/mol. The molecule has 15 heavy (non-hydrogen) atoms. The molecular formula is C12H17FN2. The predicted octanol–water partition coefficient (Wildman–Crippen LogP) is 1.76. The third-order valence-corrected chi connectivity index (χ3v) is 2.96. The van der Waals surface area contributed by atoms with Crippen molar-refractivity contribution in [1.82, 2.24) is 10.6 Å². The highest BCUT2D eigenvalue weighted by molar-refractivity contribution is 5.25. The van der Waals surface area contributed by atoms with Gasteiger partial charge in [0.25, 0.3) is 0 Å². The van der Waals surface area contributed by atoms with E-state index in [1.54, 1.807) is 13.0 Å². The summed E-state index contributed by atoms with van der Waals surface area (Å²) < 4.78 is 13.3. The molecule has 1 aliphatic rings. The summed E-state index contributed by atoms with van der Waals surface area (Å²) in [5.74, 6) is -0.118. The van der Waals surface area contributed by atoms with Crippen LogP contribution in [0.5, 0.6) is 0 Å². The number of hydrogen-bond donors (Lipinski definition) is 2. The van der Waals surface area contributed by atoms with Crippen molar-refractivity contribution in [3.8, 4) is 0 Å². The van der Waals surface area contributed by atoms with Crippen molar-refractivity contribution < 1.29 is 4.39 Å². The van der Waals surface area contributed by atoms with Crippen molar-refractivity contribution in [3.05, 3.63) is 35.1 Å². The molecule has 0 radical (unpaired) electrons. The quantitative estimate of drug-likeness (QED) is 0.791. The average Bonchev–Trinajstić information content (AvgIpc) is 2.15. The van der Waals surface area contributed by atoms with E-state index in [4.69, 9.17) is 0 Å². The molecule has 1 heterocycles. The summed E-state index contributed by atoms with van der Waals surface area (Å²) in [6, 6.07) is 6.19. The van der Waals surface area contributed by atoms with Crippen LogP contribution in [0.1, 0.15) is 24.1 Å². The number of aryl methyl sites for hydroxylation is 1. The zero-order valence-corrected chi connectivity index (χ0v) is 9.18. The molecule has 2 rings (SSSR count). The fraction of sp³-hybridized carbons (Fsp3) is 0.500. The van der Waals surface area contributed by atoms with Gasteiger partial charge in [0.15, 0.2) is 0 Å². The first-order valence-electron chi connectivity index (χ1n) is 5.39. The van der Waals surface area contributed by atoms with Gasteiger partial charge < -0.3 is 10.6 Å². The van der Waals surface area contributed by atoms with Crippen molar-refractivity contribution in [2.75, 3.05) is 13.1 Å². The van der Waals surface area contributed by atoms with Crippen molar-refractivity contribution in [1.29, 1.82) is 0 Å². The van der Waals surface area contributed by atoms with Crippen molar-refractivity contribution in [2.45, 2.75) is 25.9 Å². The van der Waals surface area contributed by atoms with Gasteiger partial charge in [-0.1, -0.05) is 12.1 Å². The minimum Gasteiger partial charge on any atom is -0.314 e. The second-order valence-electron chi connectivity index (χ2n) is 4.25. The molecule has 0 amide bonds. The summed E-state index contributed by atoms with van der Waals surface area (Å²) >= 11 is 0. The molecule has 0 aliphatic carbocycles. The lowest BCUT2D eigenvalue weighted by Crippen LogP contribution is -2.55. The molecule has 1 aromatic carbocycles. The predicted molar refractivity (Wildman–Crippen MR) is 59.3 cm³/mol. The summed E-state index contributed by atoms with van der Waals surface area (Å²) in [6.07, 6.45) is 0. The van der Waals surface area contributed by atoms with Crippen molar-refractivity contribution in [2.24, 2.45) is 0 Å². The Bertz CT molecular complexity index is 347. The first-order valence-corrected chi connectivity index (χ1v) is 5.39. The number of benzene rings is 1. The van der Waals surface area contributed by atoms with Gasteiger partial charge in [0.2, 0.25) is 0 Å². The van der Waals surface area contributed by atoms with Crippen LogP contribution in [-0.2, 0) is 0 Å². The highest BCUT2D eigenvalue weighted by Gasteiger charge is 2.19. The molecule has 82 valence electrons. The standard InChI is InChI=1S/C12H17FN2/c1-8-3-4-10(5-12(8)13)9(2)15-11-6-14-7-11/h3-5,9,11,14-15H,6-7H2,1-2H3. The van der Waals surface area contributed by atoms with Gasteiger partial charge in [-0.25, -0.2) is 4.39 Å². The largest absolute Gasteiger partial charge is 0.314 e. The van der Waals surface area contributed by atoms with E-state index in [9.17, 15) is 4.39 Å². The van der Waals surface area contributed by atoms with E-state index >= 15 is 0 Å². The molecule has 1 fully saturated rings. The SMILES string of the molecule is Cc1ccc(C(C)NC2CNC2)cc1F. The Balaban J connectivity index is 2.03. The summed E-state index contributed by atoms with van der Waals surface area (Å²) in [5, 5.41) is 6.65. The molecule has 1 saturated heterocycles. The molecule has 2 N–H and O–H groups in total. The number of hydrogen-bond acceptors (Lipinski definition) is 2. The number of rotatable bonds is 3. The van der Waals surface area contributed by atoms with Crippen LogP contribution in [0.15, 0.2) is 18.2 Å². The molecule has 3 heteroatoms. The molecule has 1 aliphatic heterocycles. The Morgan fingerprint density at radius 2 is 2.20 bits per heavy atom. The van der Waals surface area contributed by atoms with E-state index in [2.05, 4.69) is 17.6 Å². The maximum atomic E-state index is 13.3. The molecule has 1 atom stereocenters. The normalized spacial score (nSPS) is 18.6. The van der Waals surface area contributed by atoms with Gasteiger partial charge in [-0.15, -0.1) is 0 Å². The smallest absolute Gasteiger partial charge is 0.126 e. The van der Waals surface area contributed by atoms with Crippen LogP contribution in [0.3, 0.4) is 0 Å². The summed E-state index contributed by atoms with van der Waals surface area (Å²) in [4.78, 5) is 0. The highest BCUT2D eigenvalue weighted by Crippen LogP contribution is 2.17. The van der Waals surface area contributed by atoms with E-state index in [1.807, 2.05) is 12.1 Å². The maximum absolute atomic E-state index is 13.3. The maximum Gasteiger partial charge on any atom is 0.126 e. The van der Waals surface area contributed by atoms with E-state index in [1.165, 1.54) is 0 Å². The molecule has 0 spiro atoms. The lowest BCUT2D eigenvalue weighted by molar-refractivity contribution is 0.338. The van der Waals surface area contributed by atoms with Gasteiger partial charge >= 0.3 is 0 Å². The third kappa shape index (κ3) is 2.36. The lowest BCUT2D eigenvalue weighted by atomic mass is 10.0. The topological polar surface area (TPSA) is 24.1 Å². The number of halogens is 1. The van der Waals surface area contributed by atoms with E-state index in [0.29, 0.717) is 11.6 Å². The average molecular weight is 208 g/mol. The van der Waals surface area contributed by atoms with Crippen LogP contribution in [-0.4, -0.2) is 19.1 Å². The van der Waals surface area contributed by atoms with Gasteiger partial charge in [0.1, 0.15) is 5.82 Å².